The fraction of sp³-hybridized carbons (Fsp3) is 0.500. The Bertz CT molecular complexity index is 818. The summed E-state index contributed by atoms with van der Waals surface area (Å²) in [7, 11) is 5.17. The van der Waals surface area contributed by atoms with Crippen molar-refractivity contribution in [2.75, 3.05) is 52.4 Å². The topological polar surface area (TPSA) is 34.2 Å². The average Bonchev–Trinajstić information content (AvgIpc) is 3.28. The van der Waals surface area contributed by atoms with E-state index in [0.29, 0.717) is 12.0 Å². The van der Waals surface area contributed by atoms with E-state index in [2.05, 4.69) is 40.1 Å². The van der Waals surface area contributed by atoms with Gasteiger partial charge in [0.05, 0.1) is 21.3 Å². The molecule has 0 saturated carbocycles. The Morgan fingerprint density at radius 2 is 1.62 bits per heavy atom. The van der Waals surface area contributed by atoms with Crippen LogP contribution < -0.4 is 19.1 Å². The standard InChI is InChI=1S/C24H32N2O3/c1-27-21-7-4-6-20(16-21)25-14-11-19(12-15-25)26-13-10-18(17-26)22-8-5-9-23(28-2)24(22)29-3/h4-9,16,18-19H,10-15,17H2,1-3H3. The fourth-order valence-corrected chi connectivity index (χ4v) is 4.90. The van der Waals surface area contributed by atoms with Crippen LogP contribution in [0, 0.1) is 0 Å². The predicted molar refractivity (Wildman–Crippen MR) is 117 cm³/mol. The molecule has 1 atom stereocenters. The highest BCUT2D eigenvalue weighted by Gasteiger charge is 2.33. The monoisotopic (exact) mass is 396 g/mol. The van der Waals surface area contributed by atoms with Crippen LogP contribution >= 0.6 is 0 Å². The summed E-state index contributed by atoms with van der Waals surface area (Å²) in [5.74, 6) is 3.17. The number of hydrogen-bond acceptors (Lipinski definition) is 5. The van der Waals surface area contributed by atoms with Crippen LogP contribution in [-0.2, 0) is 0 Å². The van der Waals surface area contributed by atoms with E-state index in [1.165, 1.54) is 30.5 Å². The second-order valence-corrected chi connectivity index (χ2v) is 7.98. The maximum atomic E-state index is 5.68. The van der Waals surface area contributed by atoms with Gasteiger partial charge in [-0.15, -0.1) is 0 Å². The number of methoxy groups -OCH3 is 3. The molecule has 5 heteroatoms. The van der Waals surface area contributed by atoms with Gasteiger partial charge in [-0.05, 0) is 44.0 Å². The van der Waals surface area contributed by atoms with Gasteiger partial charge in [0.15, 0.2) is 11.5 Å². The maximum absolute atomic E-state index is 5.68. The highest BCUT2D eigenvalue weighted by atomic mass is 16.5. The lowest BCUT2D eigenvalue weighted by Gasteiger charge is -2.38. The lowest BCUT2D eigenvalue weighted by molar-refractivity contribution is 0.205. The molecule has 1 unspecified atom stereocenters. The molecule has 2 aromatic rings. The second kappa shape index (κ2) is 8.95. The van der Waals surface area contributed by atoms with Crippen molar-refractivity contribution in [3.05, 3.63) is 48.0 Å². The lowest BCUT2D eigenvalue weighted by Crippen LogP contribution is -2.44. The van der Waals surface area contributed by atoms with E-state index >= 15 is 0 Å². The first-order chi connectivity index (χ1) is 14.2. The molecule has 2 aliphatic heterocycles. The zero-order valence-corrected chi connectivity index (χ0v) is 17.8. The molecule has 156 valence electrons. The molecule has 2 fully saturated rings. The van der Waals surface area contributed by atoms with Crippen LogP contribution in [0.2, 0.25) is 0 Å². The summed E-state index contributed by atoms with van der Waals surface area (Å²) < 4.78 is 16.6. The number of para-hydroxylation sites is 1. The van der Waals surface area contributed by atoms with Crippen LogP contribution in [0.4, 0.5) is 5.69 Å². The first kappa shape index (κ1) is 19.9. The minimum absolute atomic E-state index is 0.511. The van der Waals surface area contributed by atoms with E-state index in [1.807, 2.05) is 12.1 Å². The van der Waals surface area contributed by atoms with Gasteiger partial charge in [-0.3, -0.25) is 4.90 Å². The molecule has 2 aliphatic rings. The van der Waals surface area contributed by atoms with E-state index in [4.69, 9.17) is 14.2 Å². The smallest absolute Gasteiger partial charge is 0.164 e. The van der Waals surface area contributed by atoms with E-state index in [0.717, 1.165) is 43.4 Å². The van der Waals surface area contributed by atoms with Crippen LogP contribution in [0.25, 0.3) is 0 Å². The molecule has 5 nitrogen and oxygen atoms in total. The van der Waals surface area contributed by atoms with Gasteiger partial charge in [-0.25, -0.2) is 0 Å². The molecule has 29 heavy (non-hydrogen) atoms. The van der Waals surface area contributed by atoms with Crippen molar-refractivity contribution >= 4 is 5.69 Å². The summed E-state index contributed by atoms with van der Waals surface area (Å²) in [6.45, 7) is 4.46. The highest BCUT2D eigenvalue weighted by molar-refractivity contribution is 5.51. The summed E-state index contributed by atoms with van der Waals surface area (Å²) in [5.41, 5.74) is 2.55. The van der Waals surface area contributed by atoms with Gasteiger partial charge in [0.1, 0.15) is 5.75 Å². The van der Waals surface area contributed by atoms with Crippen molar-refractivity contribution < 1.29 is 14.2 Å². The Morgan fingerprint density at radius 1 is 0.828 bits per heavy atom. The Hall–Kier alpha value is -2.40. The highest BCUT2D eigenvalue weighted by Crippen LogP contribution is 2.40. The number of nitrogens with zero attached hydrogens (tertiary/aromatic N) is 2. The van der Waals surface area contributed by atoms with Gasteiger partial charge in [0.25, 0.3) is 0 Å². The molecule has 0 N–H and O–H groups in total. The molecule has 4 rings (SSSR count). The summed E-state index contributed by atoms with van der Waals surface area (Å²) in [5, 5.41) is 0. The van der Waals surface area contributed by atoms with Crippen molar-refractivity contribution in [3.63, 3.8) is 0 Å². The third kappa shape index (κ3) is 4.15. The van der Waals surface area contributed by atoms with Crippen molar-refractivity contribution in [2.45, 2.75) is 31.2 Å². The average molecular weight is 397 g/mol. The third-order valence-electron chi connectivity index (χ3n) is 6.49. The molecule has 2 aromatic carbocycles. The predicted octanol–water partition coefficient (Wildman–Crippen LogP) is 4.17. The van der Waals surface area contributed by atoms with Crippen LogP contribution in [0.15, 0.2) is 42.5 Å². The van der Waals surface area contributed by atoms with E-state index in [9.17, 15) is 0 Å². The molecule has 0 bridgehead atoms. The Balaban J connectivity index is 1.37. The van der Waals surface area contributed by atoms with Crippen LogP contribution in [0.3, 0.4) is 0 Å². The summed E-state index contributed by atoms with van der Waals surface area (Å²) in [6, 6.07) is 15.3. The Kier molecular flexibility index (Phi) is 6.14. The minimum Gasteiger partial charge on any atom is -0.497 e. The van der Waals surface area contributed by atoms with Crippen LogP contribution in [0.5, 0.6) is 17.2 Å². The lowest BCUT2D eigenvalue weighted by atomic mass is 9.96. The number of piperidine rings is 1. The Morgan fingerprint density at radius 3 is 2.34 bits per heavy atom. The summed E-state index contributed by atoms with van der Waals surface area (Å²) >= 11 is 0. The summed E-state index contributed by atoms with van der Waals surface area (Å²) in [4.78, 5) is 5.17. The Labute approximate surface area is 174 Å². The fourth-order valence-electron chi connectivity index (χ4n) is 4.90. The van der Waals surface area contributed by atoms with E-state index in [-0.39, 0.29) is 0 Å². The second-order valence-electron chi connectivity index (χ2n) is 7.98. The van der Waals surface area contributed by atoms with Gasteiger partial charge in [0.2, 0.25) is 0 Å². The zero-order valence-electron chi connectivity index (χ0n) is 17.8. The minimum atomic E-state index is 0.511. The van der Waals surface area contributed by atoms with Crippen LogP contribution in [0.1, 0.15) is 30.7 Å². The molecule has 2 heterocycles. The molecule has 0 spiro atoms. The molecular weight excluding hydrogens is 364 g/mol. The first-order valence-corrected chi connectivity index (χ1v) is 10.6. The third-order valence-corrected chi connectivity index (χ3v) is 6.49. The molecule has 0 amide bonds. The van der Waals surface area contributed by atoms with Gasteiger partial charge in [0, 0.05) is 48.9 Å². The maximum Gasteiger partial charge on any atom is 0.164 e. The van der Waals surface area contributed by atoms with Crippen molar-refractivity contribution in [1.82, 2.24) is 4.90 Å². The number of likely N-dealkylation sites (tertiary alicyclic amines) is 1. The van der Waals surface area contributed by atoms with Crippen molar-refractivity contribution in [2.24, 2.45) is 0 Å². The van der Waals surface area contributed by atoms with E-state index in [1.54, 1.807) is 21.3 Å². The van der Waals surface area contributed by atoms with Crippen LogP contribution in [-0.4, -0.2) is 58.5 Å². The van der Waals surface area contributed by atoms with Crippen molar-refractivity contribution in [1.29, 1.82) is 0 Å². The normalized spacial score (nSPS) is 20.7. The van der Waals surface area contributed by atoms with Gasteiger partial charge in [-0.2, -0.15) is 0 Å². The number of rotatable bonds is 6. The number of ether oxygens (including phenoxy) is 3. The molecule has 0 radical (unpaired) electrons. The zero-order chi connectivity index (χ0) is 20.2. The van der Waals surface area contributed by atoms with E-state index < -0.39 is 0 Å². The van der Waals surface area contributed by atoms with Gasteiger partial charge >= 0.3 is 0 Å². The largest absolute Gasteiger partial charge is 0.497 e. The summed E-state index contributed by atoms with van der Waals surface area (Å²) in [6.07, 6.45) is 3.60. The molecule has 2 saturated heterocycles. The number of hydrogen-bond donors (Lipinski definition) is 0. The van der Waals surface area contributed by atoms with Gasteiger partial charge in [-0.1, -0.05) is 18.2 Å². The number of benzene rings is 2. The molecule has 0 aromatic heterocycles. The van der Waals surface area contributed by atoms with Gasteiger partial charge < -0.3 is 19.1 Å². The molecular formula is C24H32N2O3. The number of anilines is 1. The molecule has 0 aliphatic carbocycles. The van der Waals surface area contributed by atoms with Crippen molar-refractivity contribution in [3.8, 4) is 17.2 Å². The quantitative estimate of drug-likeness (QED) is 0.732. The first-order valence-electron chi connectivity index (χ1n) is 10.6. The SMILES string of the molecule is COc1cccc(N2CCC(N3CCC(c4cccc(OC)c4OC)C3)CC2)c1.